The van der Waals surface area contributed by atoms with Crippen molar-refractivity contribution in [2.24, 2.45) is 5.92 Å². The summed E-state index contributed by atoms with van der Waals surface area (Å²) in [6.07, 6.45) is 6.47. The average molecular weight is 408 g/mol. The van der Waals surface area contributed by atoms with Crippen LogP contribution in [0, 0.1) is 5.92 Å². The molecule has 0 bridgehead atoms. The fourth-order valence-corrected chi connectivity index (χ4v) is 4.65. The number of amides is 1. The summed E-state index contributed by atoms with van der Waals surface area (Å²) >= 11 is 0. The van der Waals surface area contributed by atoms with E-state index in [1.807, 2.05) is 55.1 Å². The SMILES string of the molecule is CC(C)(O)CC1CCN(C(=O)c2ccc(Oc3ccccc3C3CCC3)cc2)CC1. The van der Waals surface area contributed by atoms with Gasteiger partial charge in [-0.15, -0.1) is 0 Å². The van der Waals surface area contributed by atoms with E-state index in [9.17, 15) is 9.90 Å². The molecule has 2 aromatic carbocycles. The van der Waals surface area contributed by atoms with E-state index in [-0.39, 0.29) is 5.91 Å². The number of hydrogen-bond donors (Lipinski definition) is 1. The number of ether oxygens (including phenoxy) is 1. The van der Waals surface area contributed by atoms with Gasteiger partial charge < -0.3 is 14.7 Å². The third-order valence-corrected chi connectivity index (χ3v) is 6.48. The van der Waals surface area contributed by atoms with Gasteiger partial charge in [-0.25, -0.2) is 0 Å². The molecule has 1 aliphatic heterocycles. The van der Waals surface area contributed by atoms with E-state index >= 15 is 0 Å². The predicted molar refractivity (Wildman–Crippen MR) is 119 cm³/mol. The van der Waals surface area contributed by atoms with Crippen LogP contribution in [0.2, 0.25) is 0 Å². The molecule has 1 amide bonds. The summed E-state index contributed by atoms with van der Waals surface area (Å²) in [7, 11) is 0. The van der Waals surface area contributed by atoms with Gasteiger partial charge in [0.05, 0.1) is 5.60 Å². The van der Waals surface area contributed by atoms with Crippen LogP contribution in [0.5, 0.6) is 11.5 Å². The van der Waals surface area contributed by atoms with Gasteiger partial charge in [0.15, 0.2) is 0 Å². The summed E-state index contributed by atoms with van der Waals surface area (Å²) in [5, 5.41) is 10.0. The lowest BCUT2D eigenvalue weighted by Crippen LogP contribution is -2.40. The molecule has 1 saturated heterocycles. The lowest BCUT2D eigenvalue weighted by atomic mass is 9.80. The van der Waals surface area contributed by atoms with E-state index in [0.717, 1.165) is 43.9 Å². The van der Waals surface area contributed by atoms with Crippen molar-refractivity contribution in [1.82, 2.24) is 4.90 Å². The summed E-state index contributed by atoms with van der Waals surface area (Å²) < 4.78 is 6.16. The monoisotopic (exact) mass is 407 g/mol. The smallest absolute Gasteiger partial charge is 0.253 e. The molecule has 4 nitrogen and oxygen atoms in total. The lowest BCUT2D eigenvalue weighted by molar-refractivity contribution is 0.0358. The van der Waals surface area contributed by atoms with E-state index in [2.05, 4.69) is 12.1 Å². The maximum Gasteiger partial charge on any atom is 0.253 e. The Kier molecular flexibility index (Phi) is 6.14. The van der Waals surface area contributed by atoms with E-state index in [1.54, 1.807) is 0 Å². The van der Waals surface area contributed by atoms with Crippen LogP contribution in [-0.2, 0) is 0 Å². The molecule has 1 saturated carbocycles. The Hall–Kier alpha value is -2.33. The van der Waals surface area contributed by atoms with Crippen LogP contribution in [0.15, 0.2) is 48.5 Å². The highest BCUT2D eigenvalue weighted by atomic mass is 16.5. The number of carbonyl (C=O) groups excluding carboxylic acids is 1. The third-order valence-electron chi connectivity index (χ3n) is 6.48. The van der Waals surface area contributed by atoms with Crippen molar-refractivity contribution in [3.05, 3.63) is 59.7 Å². The number of carbonyl (C=O) groups is 1. The highest BCUT2D eigenvalue weighted by Gasteiger charge is 2.27. The molecule has 4 heteroatoms. The number of benzene rings is 2. The van der Waals surface area contributed by atoms with Crippen LogP contribution in [-0.4, -0.2) is 34.6 Å². The quantitative estimate of drug-likeness (QED) is 0.662. The van der Waals surface area contributed by atoms with E-state index in [4.69, 9.17) is 4.74 Å². The maximum atomic E-state index is 12.9. The van der Waals surface area contributed by atoms with Crippen LogP contribution in [0.4, 0.5) is 0 Å². The minimum absolute atomic E-state index is 0.0816. The Labute approximate surface area is 179 Å². The van der Waals surface area contributed by atoms with Crippen LogP contribution >= 0.6 is 0 Å². The van der Waals surface area contributed by atoms with Gasteiger partial charge >= 0.3 is 0 Å². The van der Waals surface area contributed by atoms with Crippen LogP contribution in [0.1, 0.15) is 74.2 Å². The van der Waals surface area contributed by atoms with Gasteiger partial charge in [-0.3, -0.25) is 4.79 Å². The highest BCUT2D eigenvalue weighted by Crippen LogP contribution is 2.41. The molecule has 0 radical (unpaired) electrons. The first kappa shape index (κ1) is 20.9. The van der Waals surface area contributed by atoms with Crippen molar-refractivity contribution >= 4 is 5.91 Å². The molecular formula is C26H33NO3. The zero-order valence-corrected chi connectivity index (χ0v) is 18.1. The van der Waals surface area contributed by atoms with Crippen LogP contribution < -0.4 is 4.74 Å². The molecule has 2 aromatic rings. The van der Waals surface area contributed by atoms with Crippen molar-refractivity contribution in [2.75, 3.05) is 13.1 Å². The summed E-state index contributed by atoms with van der Waals surface area (Å²) in [5.41, 5.74) is 1.36. The predicted octanol–water partition coefficient (Wildman–Crippen LogP) is 5.76. The topological polar surface area (TPSA) is 49.8 Å². The summed E-state index contributed by atoms with van der Waals surface area (Å²) in [6.45, 7) is 5.23. The van der Waals surface area contributed by atoms with Crippen LogP contribution in [0.25, 0.3) is 0 Å². The minimum Gasteiger partial charge on any atom is -0.457 e. The number of para-hydroxylation sites is 1. The minimum atomic E-state index is -0.635. The molecule has 2 aliphatic rings. The second-order valence-electron chi connectivity index (χ2n) is 9.54. The first-order valence-electron chi connectivity index (χ1n) is 11.3. The molecule has 1 aliphatic carbocycles. The molecule has 30 heavy (non-hydrogen) atoms. The molecule has 1 heterocycles. The zero-order chi connectivity index (χ0) is 21.1. The van der Waals surface area contributed by atoms with Gasteiger partial charge in [0, 0.05) is 18.7 Å². The third kappa shape index (κ3) is 5.04. The number of piperidine rings is 1. The Morgan fingerprint density at radius 3 is 2.30 bits per heavy atom. The maximum absolute atomic E-state index is 12.9. The van der Waals surface area contributed by atoms with Gasteiger partial charge in [0.25, 0.3) is 5.91 Å². The number of likely N-dealkylation sites (tertiary alicyclic amines) is 1. The average Bonchev–Trinajstić information content (AvgIpc) is 2.68. The van der Waals surface area contributed by atoms with Crippen molar-refractivity contribution < 1.29 is 14.6 Å². The Morgan fingerprint density at radius 2 is 1.70 bits per heavy atom. The van der Waals surface area contributed by atoms with Gasteiger partial charge in [-0.05, 0) is 93.7 Å². The Morgan fingerprint density at radius 1 is 1.03 bits per heavy atom. The Bertz CT molecular complexity index is 857. The molecule has 1 N–H and O–H groups in total. The Balaban J connectivity index is 1.36. The second kappa shape index (κ2) is 8.81. The molecule has 0 unspecified atom stereocenters. The van der Waals surface area contributed by atoms with Crippen molar-refractivity contribution in [2.45, 2.75) is 63.9 Å². The molecule has 4 rings (SSSR count). The van der Waals surface area contributed by atoms with Crippen molar-refractivity contribution in [1.29, 1.82) is 0 Å². The molecule has 0 spiro atoms. The molecule has 0 atom stereocenters. The summed E-state index contributed by atoms with van der Waals surface area (Å²) in [5.74, 6) is 2.87. The number of nitrogens with zero attached hydrogens (tertiary/aromatic N) is 1. The fourth-order valence-electron chi connectivity index (χ4n) is 4.65. The van der Waals surface area contributed by atoms with Crippen molar-refractivity contribution in [3.8, 4) is 11.5 Å². The van der Waals surface area contributed by atoms with Crippen LogP contribution in [0.3, 0.4) is 0 Å². The van der Waals surface area contributed by atoms with E-state index in [1.165, 1.54) is 24.8 Å². The first-order chi connectivity index (χ1) is 14.4. The van der Waals surface area contributed by atoms with Gasteiger partial charge in [0.1, 0.15) is 11.5 Å². The number of hydrogen-bond acceptors (Lipinski definition) is 3. The van der Waals surface area contributed by atoms with Gasteiger partial charge in [0.2, 0.25) is 0 Å². The van der Waals surface area contributed by atoms with Gasteiger partial charge in [-0.1, -0.05) is 24.6 Å². The lowest BCUT2D eigenvalue weighted by Gasteiger charge is -2.34. The van der Waals surface area contributed by atoms with Gasteiger partial charge in [-0.2, -0.15) is 0 Å². The molecular weight excluding hydrogens is 374 g/mol. The highest BCUT2D eigenvalue weighted by molar-refractivity contribution is 5.94. The molecule has 0 aromatic heterocycles. The largest absolute Gasteiger partial charge is 0.457 e. The van der Waals surface area contributed by atoms with E-state index in [0.29, 0.717) is 17.4 Å². The second-order valence-corrected chi connectivity index (χ2v) is 9.54. The zero-order valence-electron chi connectivity index (χ0n) is 18.1. The summed E-state index contributed by atoms with van der Waals surface area (Å²) in [4.78, 5) is 14.8. The summed E-state index contributed by atoms with van der Waals surface area (Å²) in [6, 6.07) is 15.8. The fraction of sp³-hybridized carbons (Fsp3) is 0.500. The van der Waals surface area contributed by atoms with Crippen molar-refractivity contribution in [3.63, 3.8) is 0 Å². The normalized spacial score (nSPS) is 18.2. The van der Waals surface area contributed by atoms with E-state index < -0.39 is 5.60 Å². The number of aliphatic hydroxyl groups is 1. The molecule has 2 fully saturated rings. The number of rotatable bonds is 6. The standard InChI is InChI=1S/C26H33NO3/c1-26(2,29)18-19-14-16-27(17-15-19)25(28)21-10-12-22(13-11-21)30-24-9-4-3-8-23(24)20-6-5-7-20/h3-4,8-13,19-20,29H,5-7,14-18H2,1-2H3. The first-order valence-corrected chi connectivity index (χ1v) is 11.3. The molecule has 160 valence electrons.